The zero-order chi connectivity index (χ0) is 12.6. The average molecular weight is 280 g/mol. The lowest BCUT2D eigenvalue weighted by Gasteiger charge is -2.11. The lowest BCUT2D eigenvalue weighted by atomic mass is 10.3. The van der Waals surface area contributed by atoms with Crippen molar-refractivity contribution < 1.29 is 13.2 Å². The number of nitrogens with zero attached hydrogens (tertiary/aromatic N) is 2. The zero-order valence-corrected chi connectivity index (χ0v) is 9.61. The van der Waals surface area contributed by atoms with E-state index in [1.807, 2.05) is 6.07 Å². The highest BCUT2D eigenvalue weighted by Gasteiger charge is 2.35. The first kappa shape index (κ1) is 12.3. The minimum absolute atomic E-state index is 0.0834. The van der Waals surface area contributed by atoms with Crippen LogP contribution < -0.4 is 0 Å². The molecule has 0 amide bonds. The van der Waals surface area contributed by atoms with Crippen LogP contribution in [0.3, 0.4) is 0 Å². The average Bonchev–Trinajstić information content (AvgIpc) is 2.65. The molecule has 0 N–H and O–H groups in total. The summed E-state index contributed by atoms with van der Waals surface area (Å²) in [6.45, 7) is 0. The van der Waals surface area contributed by atoms with Gasteiger partial charge >= 0.3 is 6.18 Å². The van der Waals surface area contributed by atoms with E-state index in [0.29, 0.717) is 9.70 Å². The Morgan fingerprint density at radius 1 is 1.24 bits per heavy atom. The van der Waals surface area contributed by atoms with Gasteiger partial charge in [0.15, 0.2) is 5.69 Å². The first-order valence-electron chi connectivity index (χ1n) is 4.38. The minimum Gasteiger partial charge on any atom is -0.226 e. The zero-order valence-electron chi connectivity index (χ0n) is 8.09. The molecule has 0 bridgehead atoms. The van der Waals surface area contributed by atoms with Crippen molar-refractivity contribution in [2.24, 2.45) is 0 Å². The van der Waals surface area contributed by atoms with Crippen LogP contribution in [0.5, 0.6) is 0 Å². The number of hydrogen-bond donors (Lipinski definition) is 0. The van der Waals surface area contributed by atoms with Gasteiger partial charge in [0, 0.05) is 11.1 Å². The van der Waals surface area contributed by atoms with Crippen LogP contribution in [0.2, 0.25) is 10.0 Å². The van der Waals surface area contributed by atoms with Crippen molar-refractivity contribution in [1.82, 2.24) is 9.78 Å². The van der Waals surface area contributed by atoms with Crippen molar-refractivity contribution >= 4 is 23.2 Å². The number of benzene rings is 1. The van der Waals surface area contributed by atoms with Crippen molar-refractivity contribution in [2.75, 3.05) is 0 Å². The Kier molecular flexibility index (Phi) is 3.05. The lowest BCUT2D eigenvalue weighted by Crippen LogP contribution is -2.13. The summed E-state index contributed by atoms with van der Waals surface area (Å²) in [7, 11) is 0. The van der Waals surface area contributed by atoms with E-state index >= 15 is 0 Å². The smallest absolute Gasteiger partial charge is 0.226 e. The van der Waals surface area contributed by atoms with Crippen LogP contribution in [0, 0.1) is 6.07 Å². The van der Waals surface area contributed by atoms with Gasteiger partial charge in [0.2, 0.25) is 0 Å². The van der Waals surface area contributed by atoms with Gasteiger partial charge in [-0.2, -0.15) is 18.3 Å². The standard InChI is InChI=1S/C10H4Cl2F3N2/c11-6-1-2-8(7(12)5-6)17-9(3-4-16-17)10(13,14)15/h1-2,4-5H. The monoisotopic (exact) mass is 279 g/mol. The molecule has 0 saturated heterocycles. The lowest BCUT2D eigenvalue weighted by molar-refractivity contribution is -0.143. The third-order valence-corrected chi connectivity index (χ3v) is 2.53. The van der Waals surface area contributed by atoms with E-state index in [4.69, 9.17) is 23.2 Å². The normalized spacial score (nSPS) is 11.8. The summed E-state index contributed by atoms with van der Waals surface area (Å²) in [5.74, 6) is 0. The predicted molar refractivity (Wildman–Crippen MR) is 57.4 cm³/mol. The second kappa shape index (κ2) is 4.23. The highest BCUT2D eigenvalue weighted by molar-refractivity contribution is 6.35. The van der Waals surface area contributed by atoms with Gasteiger partial charge in [0.25, 0.3) is 0 Å². The highest BCUT2D eigenvalue weighted by Crippen LogP contribution is 2.32. The maximum atomic E-state index is 12.6. The Morgan fingerprint density at radius 3 is 2.53 bits per heavy atom. The number of halogens is 5. The Hall–Kier alpha value is -1.20. The topological polar surface area (TPSA) is 17.8 Å². The van der Waals surface area contributed by atoms with Gasteiger partial charge < -0.3 is 0 Å². The fourth-order valence-corrected chi connectivity index (χ4v) is 1.79. The first-order valence-corrected chi connectivity index (χ1v) is 5.13. The second-order valence-corrected chi connectivity index (χ2v) is 3.99. The SMILES string of the molecule is FC(F)(F)c1[c]cnn1-c1ccc(Cl)cc1Cl. The van der Waals surface area contributed by atoms with Gasteiger partial charge in [0.1, 0.15) is 0 Å². The molecule has 1 aromatic carbocycles. The molecule has 2 aromatic rings. The molecule has 0 spiro atoms. The number of hydrogen-bond acceptors (Lipinski definition) is 1. The summed E-state index contributed by atoms with van der Waals surface area (Å²) < 4.78 is 38.5. The van der Waals surface area contributed by atoms with Gasteiger partial charge in [0.05, 0.1) is 16.9 Å². The van der Waals surface area contributed by atoms with E-state index in [-0.39, 0.29) is 10.7 Å². The van der Waals surface area contributed by atoms with Crippen molar-refractivity contribution in [1.29, 1.82) is 0 Å². The third kappa shape index (κ3) is 2.40. The molecule has 1 heterocycles. The van der Waals surface area contributed by atoms with Crippen LogP contribution >= 0.6 is 23.2 Å². The molecule has 1 radical (unpaired) electrons. The van der Waals surface area contributed by atoms with Crippen LogP contribution in [0.25, 0.3) is 5.69 Å². The minimum atomic E-state index is -4.54. The van der Waals surface area contributed by atoms with Gasteiger partial charge in [-0.3, -0.25) is 0 Å². The third-order valence-electron chi connectivity index (χ3n) is 1.99. The predicted octanol–water partition coefficient (Wildman–Crippen LogP) is 4.00. The Labute approximate surface area is 105 Å². The summed E-state index contributed by atoms with van der Waals surface area (Å²) in [6, 6.07) is 6.17. The molecule has 1 aromatic heterocycles. The molecule has 7 heteroatoms. The van der Waals surface area contributed by atoms with Gasteiger partial charge in [-0.25, -0.2) is 4.68 Å². The fraction of sp³-hybridized carbons (Fsp3) is 0.100. The fourth-order valence-electron chi connectivity index (χ4n) is 1.30. The van der Waals surface area contributed by atoms with Gasteiger partial charge in [-0.15, -0.1) is 0 Å². The summed E-state index contributed by atoms with van der Waals surface area (Å²) in [6.07, 6.45) is -3.60. The molecule has 0 aliphatic rings. The second-order valence-electron chi connectivity index (χ2n) is 3.14. The number of rotatable bonds is 1. The van der Waals surface area contributed by atoms with Gasteiger partial charge in [-0.1, -0.05) is 23.2 Å². The van der Waals surface area contributed by atoms with Gasteiger partial charge in [-0.05, 0) is 18.2 Å². The molecule has 0 fully saturated rings. The van der Waals surface area contributed by atoms with Crippen molar-refractivity contribution in [3.8, 4) is 5.69 Å². The highest BCUT2D eigenvalue weighted by atomic mass is 35.5. The molecule has 0 aliphatic carbocycles. The van der Waals surface area contributed by atoms with Crippen molar-refractivity contribution in [3.63, 3.8) is 0 Å². The quantitative estimate of drug-likeness (QED) is 0.772. The number of aromatic nitrogens is 2. The largest absolute Gasteiger partial charge is 0.434 e. The van der Waals surface area contributed by atoms with Crippen molar-refractivity contribution in [3.05, 3.63) is 46.2 Å². The molecule has 2 rings (SSSR count). The molecule has 0 unspecified atom stereocenters. The van der Waals surface area contributed by atoms with Crippen LogP contribution in [0.15, 0.2) is 24.4 Å². The molecule has 0 aliphatic heterocycles. The van der Waals surface area contributed by atoms with E-state index < -0.39 is 11.9 Å². The first-order chi connectivity index (χ1) is 7.89. The molecular formula is C10H4Cl2F3N2. The molecule has 2 nitrogen and oxygen atoms in total. The van der Waals surface area contributed by atoms with E-state index in [1.54, 1.807) is 0 Å². The summed E-state index contributed by atoms with van der Waals surface area (Å²) in [5.41, 5.74) is -0.911. The molecule has 0 saturated carbocycles. The van der Waals surface area contributed by atoms with E-state index in [9.17, 15) is 13.2 Å². The maximum Gasteiger partial charge on any atom is 0.434 e. The number of alkyl halides is 3. The van der Waals surface area contributed by atoms with Crippen LogP contribution in [0.1, 0.15) is 5.69 Å². The Bertz CT molecular complexity index is 549. The van der Waals surface area contributed by atoms with E-state index in [0.717, 1.165) is 6.20 Å². The molecular weight excluding hydrogens is 276 g/mol. The molecule has 17 heavy (non-hydrogen) atoms. The molecule has 0 atom stereocenters. The summed E-state index contributed by atoms with van der Waals surface area (Å²) in [4.78, 5) is 0. The van der Waals surface area contributed by atoms with Crippen LogP contribution in [-0.4, -0.2) is 9.78 Å². The van der Waals surface area contributed by atoms with E-state index in [1.165, 1.54) is 18.2 Å². The van der Waals surface area contributed by atoms with Crippen molar-refractivity contribution in [2.45, 2.75) is 6.18 Å². The Balaban J connectivity index is 2.58. The van der Waals surface area contributed by atoms with Crippen LogP contribution in [-0.2, 0) is 6.18 Å². The maximum absolute atomic E-state index is 12.6. The van der Waals surface area contributed by atoms with E-state index in [2.05, 4.69) is 5.10 Å². The summed E-state index contributed by atoms with van der Waals surface area (Å²) >= 11 is 11.5. The Morgan fingerprint density at radius 2 is 1.94 bits per heavy atom. The summed E-state index contributed by atoms with van der Waals surface area (Å²) in [5, 5.41) is 3.98. The van der Waals surface area contributed by atoms with Crippen LogP contribution in [0.4, 0.5) is 13.2 Å². The molecule has 89 valence electrons.